The van der Waals surface area contributed by atoms with Crippen LogP contribution in [0.3, 0.4) is 0 Å². The Kier molecular flexibility index (Phi) is 7.75. The molecule has 4 aliphatic rings. The largest absolute Gasteiger partial charge is 0.454 e. The fraction of sp³-hybridized carbons (Fsp3) is 0.303. The van der Waals surface area contributed by atoms with Crippen LogP contribution in [-0.4, -0.2) is 47.1 Å². The molecule has 2 N–H and O–H groups in total. The van der Waals surface area contributed by atoms with Gasteiger partial charge in [0.25, 0.3) is 11.8 Å². The quantitative estimate of drug-likeness (QED) is 0.228. The second-order valence-electron chi connectivity index (χ2n) is 11.1. The van der Waals surface area contributed by atoms with Crippen LogP contribution in [0.15, 0.2) is 72.8 Å². The fourth-order valence-electron chi connectivity index (χ4n) is 6.87. The van der Waals surface area contributed by atoms with E-state index in [1.54, 1.807) is 12.1 Å². The Morgan fingerprint density at radius 3 is 1.84 bits per heavy atom. The molecular weight excluding hydrogens is 570 g/mol. The van der Waals surface area contributed by atoms with Crippen molar-refractivity contribution in [2.75, 3.05) is 6.61 Å². The number of hydrazine groups is 1. The number of nitrogens with one attached hydrogen (secondary N) is 2. The number of hydrogen-bond donors (Lipinski definition) is 2. The zero-order valence-corrected chi connectivity index (χ0v) is 24.2. The number of ether oxygens (including phenoxy) is 1. The first-order valence-electron chi connectivity index (χ1n) is 14.4. The number of rotatable bonds is 8. The van der Waals surface area contributed by atoms with E-state index in [2.05, 4.69) is 10.9 Å². The van der Waals surface area contributed by atoms with Gasteiger partial charge >= 0.3 is 5.97 Å². The lowest BCUT2D eigenvalue weighted by molar-refractivity contribution is -0.161. The molecule has 220 valence electrons. The molecule has 0 aromatic heterocycles. The van der Waals surface area contributed by atoms with Crippen LogP contribution in [0.2, 0.25) is 5.02 Å². The van der Waals surface area contributed by atoms with Crippen LogP contribution >= 0.6 is 11.6 Å². The second-order valence-corrected chi connectivity index (χ2v) is 11.5. The lowest BCUT2D eigenvalue weighted by atomic mass is 9.55. The van der Waals surface area contributed by atoms with Gasteiger partial charge in [-0.25, -0.2) is 4.79 Å². The zero-order valence-electron chi connectivity index (χ0n) is 23.4. The van der Waals surface area contributed by atoms with Crippen LogP contribution in [-0.2, 0) is 23.9 Å². The van der Waals surface area contributed by atoms with Crippen molar-refractivity contribution in [2.24, 2.45) is 11.8 Å². The molecule has 1 heterocycles. The summed E-state index contributed by atoms with van der Waals surface area (Å²) in [5, 5.41) is 0.208. The average Bonchev–Trinajstić information content (AvgIpc) is 3.29. The van der Waals surface area contributed by atoms with E-state index < -0.39 is 42.3 Å². The normalized spacial score (nSPS) is 21.9. The minimum atomic E-state index is -1.17. The fourth-order valence-corrected chi connectivity index (χ4v) is 7.09. The molecule has 4 amide bonds. The third kappa shape index (κ3) is 4.87. The number of imide groups is 1. The third-order valence-electron chi connectivity index (χ3n) is 8.68. The van der Waals surface area contributed by atoms with Gasteiger partial charge in [-0.15, -0.1) is 0 Å². The van der Waals surface area contributed by atoms with Gasteiger partial charge in [0, 0.05) is 11.8 Å². The van der Waals surface area contributed by atoms with Gasteiger partial charge in [-0.05, 0) is 40.8 Å². The summed E-state index contributed by atoms with van der Waals surface area (Å²) in [6, 6.07) is 21.0. The molecule has 3 atom stereocenters. The Balaban J connectivity index is 1.19. The number of benzene rings is 3. The number of nitrogens with zero attached hydrogens (tertiary/aromatic N) is 1. The number of likely N-dealkylation sites (tertiary alicyclic amines) is 1. The Labute approximate surface area is 253 Å². The van der Waals surface area contributed by atoms with Crippen LogP contribution < -0.4 is 10.9 Å². The molecule has 1 saturated heterocycles. The number of amides is 4. The molecule has 2 bridgehead atoms. The molecule has 3 aromatic rings. The van der Waals surface area contributed by atoms with Crippen LogP contribution in [0.5, 0.6) is 0 Å². The Bertz CT molecular complexity index is 1520. The van der Waals surface area contributed by atoms with Crippen molar-refractivity contribution in [2.45, 2.75) is 44.1 Å². The molecular formula is C33H30ClN3O6. The number of esters is 1. The maximum absolute atomic E-state index is 14.1. The summed E-state index contributed by atoms with van der Waals surface area (Å²) in [4.78, 5) is 67.5. The van der Waals surface area contributed by atoms with Crippen LogP contribution in [0.1, 0.15) is 70.6 Å². The van der Waals surface area contributed by atoms with Crippen molar-refractivity contribution in [3.63, 3.8) is 0 Å². The van der Waals surface area contributed by atoms with Crippen molar-refractivity contribution >= 4 is 41.2 Å². The molecule has 1 aliphatic heterocycles. The second kappa shape index (κ2) is 11.6. The van der Waals surface area contributed by atoms with Crippen molar-refractivity contribution in [1.82, 2.24) is 15.8 Å². The van der Waals surface area contributed by atoms with Crippen molar-refractivity contribution < 1.29 is 28.7 Å². The van der Waals surface area contributed by atoms with E-state index >= 15 is 0 Å². The van der Waals surface area contributed by atoms with Crippen LogP contribution in [0.25, 0.3) is 0 Å². The highest BCUT2D eigenvalue weighted by Gasteiger charge is 2.63. The van der Waals surface area contributed by atoms with E-state index in [-0.39, 0.29) is 40.7 Å². The summed E-state index contributed by atoms with van der Waals surface area (Å²) in [7, 11) is 0. The lowest BCUT2D eigenvalue weighted by Gasteiger charge is -2.45. The summed E-state index contributed by atoms with van der Waals surface area (Å²) in [6.07, 6.45) is 1.51. The molecule has 0 spiro atoms. The molecule has 3 aromatic carbocycles. The number of carbonyl (C=O) groups excluding carboxylic acids is 5. The standard InChI is InChI=1S/C33H30ClN3O6/c1-2-3-16-24(33(42)43-17-25(38)35-36-30(39)22-14-8-9-15-23(22)34)37-31(40)28-26-18-10-4-5-11-19(18)27(29(28)32(37)41)21-13-7-6-12-20(21)26/h4-15,24,26-29H,2-3,16-17H2,1H3,(H,35,38)(H,36,39)/t24-,26?,27?,28-,29-/m1/s1. The van der Waals surface area contributed by atoms with E-state index in [4.69, 9.17) is 16.3 Å². The minimum Gasteiger partial charge on any atom is -0.454 e. The molecule has 0 radical (unpaired) electrons. The Hall–Kier alpha value is -4.50. The molecule has 0 unspecified atom stereocenters. The maximum atomic E-state index is 14.1. The van der Waals surface area contributed by atoms with Gasteiger partial charge in [-0.1, -0.05) is 92.0 Å². The first-order chi connectivity index (χ1) is 20.8. The van der Waals surface area contributed by atoms with Gasteiger partial charge in [0.2, 0.25) is 11.8 Å². The van der Waals surface area contributed by atoms with Gasteiger partial charge < -0.3 is 4.74 Å². The van der Waals surface area contributed by atoms with Crippen molar-refractivity contribution in [3.05, 3.63) is 106 Å². The number of unbranched alkanes of at least 4 members (excludes halogenated alkanes) is 1. The lowest BCUT2D eigenvalue weighted by Crippen LogP contribution is -2.48. The molecule has 10 heteroatoms. The van der Waals surface area contributed by atoms with Gasteiger partial charge in [-0.2, -0.15) is 0 Å². The first kappa shape index (κ1) is 28.6. The van der Waals surface area contributed by atoms with Gasteiger partial charge in [-0.3, -0.25) is 34.9 Å². The van der Waals surface area contributed by atoms with E-state index in [0.717, 1.165) is 33.6 Å². The zero-order chi connectivity index (χ0) is 30.2. The summed E-state index contributed by atoms with van der Waals surface area (Å²) in [6.45, 7) is 1.23. The third-order valence-corrected chi connectivity index (χ3v) is 9.01. The minimum absolute atomic E-state index is 0.159. The molecule has 43 heavy (non-hydrogen) atoms. The topological polar surface area (TPSA) is 122 Å². The molecule has 9 nitrogen and oxygen atoms in total. The van der Waals surface area contributed by atoms with E-state index in [0.29, 0.717) is 6.42 Å². The van der Waals surface area contributed by atoms with E-state index in [9.17, 15) is 24.0 Å². The van der Waals surface area contributed by atoms with E-state index in [1.165, 1.54) is 12.1 Å². The maximum Gasteiger partial charge on any atom is 0.329 e. The molecule has 7 rings (SSSR count). The Morgan fingerprint density at radius 1 is 0.814 bits per heavy atom. The molecule has 1 fully saturated rings. The average molecular weight is 600 g/mol. The summed E-state index contributed by atoms with van der Waals surface area (Å²) < 4.78 is 5.31. The Morgan fingerprint density at radius 2 is 1.33 bits per heavy atom. The summed E-state index contributed by atoms with van der Waals surface area (Å²) >= 11 is 6.02. The van der Waals surface area contributed by atoms with Crippen molar-refractivity contribution in [1.29, 1.82) is 0 Å². The predicted molar refractivity (Wildman–Crippen MR) is 157 cm³/mol. The van der Waals surface area contributed by atoms with Crippen LogP contribution in [0, 0.1) is 11.8 Å². The van der Waals surface area contributed by atoms with E-state index in [1.807, 2.05) is 55.5 Å². The van der Waals surface area contributed by atoms with Crippen LogP contribution in [0.4, 0.5) is 0 Å². The SMILES string of the molecule is CCCC[C@H](C(=O)OCC(=O)NNC(=O)c1ccccc1Cl)N1C(=O)[C@@H]2C3c4ccccc4C(c4ccccc43)[C@H]2C1=O. The summed E-state index contributed by atoms with van der Waals surface area (Å²) in [5.74, 6) is -4.88. The first-order valence-corrected chi connectivity index (χ1v) is 14.8. The molecule has 0 saturated carbocycles. The highest BCUT2D eigenvalue weighted by atomic mass is 35.5. The monoisotopic (exact) mass is 599 g/mol. The highest BCUT2D eigenvalue weighted by Crippen LogP contribution is 2.61. The number of carbonyl (C=O) groups is 5. The van der Waals surface area contributed by atoms with Crippen molar-refractivity contribution in [3.8, 4) is 0 Å². The predicted octanol–water partition coefficient (Wildman–Crippen LogP) is 4.10. The van der Waals surface area contributed by atoms with Gasteiger partial charge in [0.05, 0.1) is 22.4 Å². The number of hydrogen-bond acceptors (Lipinski definition) is 6. The highest BCUT2D eigenvalue weighted by molar-refractivity contribution is 6.33. The van der Waals surface area contributed by atoms with Gasteiger partial charge in [0.1, 0.15) is 6.04 Å². The smallest absolute Gasteiger partial charge is 0.329 e. The summed E-state index contributed by atoms with van der Waals surface area (Å²) in [5.41, 5.74) is 8.74. The number of halogens is 1. The molecule has 3 aliphatic carbocycles. The van der Waals surface area contributed by atoms with Gasteiger partial charge in [0.15, 0.2) is 6.61 Å².